The van der Waals surface area contributed by atoms with Crippen LogP contribution < -0.4 is 0 Å². The zero-order valence-corrected chi connectivity index (χ0v) is 15.1. The molecule has 0 nitrogen and oxygen atoms in total. The van der Waals surface area contributed by atoms with E-state index < -0.39 is 0 Å². The first-order valence-electron chi connectivity index (χ1n) is 6.40. The molecule has 0 heterocycles. The third-order valence-corrected chi connectivity index (χ3v) is 2.29. The first kappa shape index (κ1) is 17.9. The largest absolute Gasteiger partial charge is 2.00 e. The molecule has 0 spiro atoms. The SMILES string of the molecule is C(C=Cc1ccccc1)=Cc1ccccc1.C[SiH3].[Ti+2]. The molecule has 0 aliphatic rings. The van der Waals surface area contributed by atoms with Gasteiger partial charge in [-0.05, 0) is 21.4 Å². The molecular formula is C17H20SiTi+2. The maximum absolute atomic E-state index is 2.14. The van der Waals surface area contributed by atoms with Crippen LogP contribution in [0.3, 0.4) is 0 Å². The van der Waals surface area contributed by atoms with Crippen LogP contribution in [-0.2, 0) is 21.7 Å². The van der Waals surface area contributed by atoms with Gasteiger partial charge >= 0.3 is 21.7 Å². The second-order valence-corrected chi connectivity index (χ2v) is 3.54. The summed E-state index contributed by atoms with van der Waals surface area (Å²) < 4.78 is 0. The van der Waals surface area contributed by atoms with Gasteiger partial charge in [-0.15, -0.1) is 0 Å². The Balaban J connectivity index is 0.00000103. The van der Waals surface area contributed by atoms with Crippen LogP contribution in [0.15, 0.2) is 72.8 Å². The first-order chi connectivity index (χ1) is 8.95. The van der Waals surface area contributed by atoms with E-state index in [0.29, 0.717) is 0 Å². The molecule has 0 unspecified atom stereocenters. The van der Waals surface area contributed by atoms with Crippen molar-refractivity contribution >= 4 is 22.4 Å². The Bertz CT molecular complexity index is 428. The van der Waals surface area contributed by atoms with Gasteiger partial charge in [-0.25, -0.2) is 0 Å². The zero-order valence-electron chi connectivity index (χ0n) is 11.6. The molecule has 2 aromatic carbocycles. The van der Waals surface area contributed by atoms with E-state index in [1.165, 1.54) is 21.4 Å². The van der Waals surface area contributed by atoms with Crippen molar-refractivity contribution in [1.29, 1.82) is 0 Å². The van der Waals surface area contributed by atoms with Crippen LogP contribution in [0, 0.1) is 0 Å². The van der Waals surface area contributed by atoms with Crippen molar-refractivity contribution in [2.75, 3.05) is 0 Å². The summed E-state index contributed by atoms with van der Waals surface area (Å²) in [5.41, 5.74) is 2.44. The third kappa shape index (κ3) is 7.78. The normalized spacial score (nSPS) is 9.95. The molecule has 2 aromatic rings. The van der Waals surface area contributed by atoms with Gasteiger partial charge in [-0.3, -0.25) is 0 Å². The van der Waals surface area contributed by atoms with Gasteiger partial charge in [0.05, 0.1) is 0 Å². The van der Waals surface area contributed by atoms with Gasteiger partial charge in [0.2, 0.25) is 0 Å². The molecule has 0 radical (unpaired) electrons. The number of hydrogen-bond donors (Lipinski definition) is 0. The second kappa shape index (κ2) is 11.9. The zero-order chi connectivity index (χ0) is 13.1. The van der Waals surface area contributed by atoms with E-state index in [4.69, 9.17) is 0 Å². The number of hydrogen-bond acceptors (Lipinski definition) is 0. The van der Waals surface area contributed by atoms with Gasteiger partial charge in [0.25, 0.3) is 0 Å². The second-order valence-electron chi connectivity index (χ2n) is 3.54. The van der Waals surface area contributed by atoms with Gasteiger partial charge in [0.15, 0.2) is 0 Å². The molecule has 2 rings (SSSR count). The van der Waals surface area contributed by atoms with Crippen molar-refractivity contribution in [2.24, 2.45) is 0 Å². The van der Waals surface area contributed by atoms with Crippen LogP contribution in [0.4, 0.5) is 0 Å². The molecule has 0 aliphatic carbocycles. The van der Waals surface area contributed by atoms with Crippen LogP contribution >= 0.6 is 0 Å². The third-order valence-electron chi connectivity index (χ3n) is 2.29. The maximum Gasteiger partial charge on any atom is 2.00 e. The summed E-state index contributed by atoms with van der Waals surface area (Å²) in [7, 11) is 1.31. The fraction of sp³-hybridized carbons (Fsp3) is 0.0588. The molecule has 0 fully saturated rings. The van der Waals surface area contributed by atoms with Crippen LogP contribution in [0.1, 0.15) is 11.1 Å². The Kier molecular flexibility index (Phi) is 11.2. The van der Waals surface area contributed by atoms with Crippen molar-refractivity contribution in [3.8, 4) is 0 Å². The monoisotopic (exact) mass is 300 g/mol. The fourth-order valence-corrected chi connectivity index (χ4v) is 1.46. The molecule has 0 aliphatic heterocycles. The quantitative estimate of drug-likeness (QED) is 0.597. The van der Waals surface area contributed by atoms with E-state index in [0.717, 1.165) is 0 Å². The summed E-state index contributed by atoms with van der Waals surface area (Å²) in [5.74, 6) is 0. The molecule has 0 bridgehead atoms. The van der Waals surface area contributed by atoms with Gasteiger partial charge < -0.3 is 0 Å². The van der Waals surface area contributed by atoms with E-state index in [-0.39, 0.29) is 21.7 Å². The smallest absolute Gasteiger partial charge is 0.0777 e. The standard InChI is InChI=1S/C16H14.CH6Si.Ti/c1-3-9-15(10-4-1)13-7-8-14-16-11-5-2-6-12-16;1-2;/h1-14H;1-2H3;/q;;+2. The molecule has 0 atom stereocenters. The Morgan fingerprint density at radius 1 is 0.632 bits per heavy atom. The van der Waals surface area contributed by atoms with E-state index in [1.54, 1.807) is 0 Å². The summed E-state index contributed by atoms with van der Waals surface area (Å²) in [6.45, 7) is 2.14. The van der Waals surface area contributed by atoms with Crippen LogP contribution in [0.5, 0.6) is 0 Å². The summed E-state index contributed by atoms with van der Waals surface area (Å²) in [5, 5.41) is 0. The minimum absolute atomic E-state index is 0. The summed E-state index contributed by atoms with van der Waals surface area (Å²) >= 11 is 0. The Morgan fingerprint density at radius 3 is 1.26 bits per heavy atom. The van der Waals surface area contributed by atoms with Gasteiger partial charge in [0, 0.05) is 0 Å². The van der Waals surface area contributed by atoms with Crippen LogP contribution in [-0.4, -0.2) is 10.2 Å². The average molecular weight is 300 g/mol. The number of allylic oxidation sites excluding steroid dienone is 2. The predicted molar refractivity (Wildman–Crippen MR) is 86.8 cm³/mol. The van der Waals surface area contributed by atoms with E-state index >= 15 is 0 Å². The van der Waals surface area contributed by atoms with Gasteiger partial charge in [0.1, 0.15) is 0 Å². The summed E-state index contributed by atoms with van der Waals surface area (Å²) in [4.78, 5) is 0. The molecule has 0 saturated carbocycles. The van der Waals surface area contributed by atoms with Crippen molar-refractivity contribution in [3.05, 3.63) is 83.9 Å². The Hall–Kier alpha value is -1.15. The topological polar surface area (TPSA) is 0 Å². The Morgan fingerprint density at radius 2 is 0.947 bits per heavy atom. The number of benzene rings is 2. The number of rotatable bonds is 3. The maximum atomic E-state index is 2.14. The van der Waals surface area contributed by atoms with Crippen molar-refractivity contribution in [2.45, 2.75) is 6.55 Å². The molecule has 0 N–H and O–H groups in total. The van der Waals surface area contributed by atoms with E-state index in [2.05, 4.69) is 55.1 Å². The van der Waals surface area contributed by atoms with Crippen LogP contribution in [0.25, 0.3) is 12.2 Å². The fourth-order valence-electron chi connectivity index (χ4n) is 1.46. The van der Waals surface area contributed by atoms with Gasteiger partial charge in [-0.2, -0.15) is 0 Å². The van der Waals surface area contributed by atoms with Crippen LogP contribution in [0.2, 0.25) is 6.55 Å². The van der Waals surface area contributed by atoms with Gasteiger partial charge in [-0.1, -0.05) is 91.5 Å². The summed E-state index contributed by atoms with van der Waals surface area (Å²) in [6.07, 6.45) is 8.31. The first-order valence-corrected chi connectivity index (χ1v) is 8.40. The average Bonchev–Trinajstić information content (AvgIpc) is 2.48. The van der Waals surface area contributed by atoms with Crippen molar-refractivity contribution < 1.29 is 21.7 Å². The molecular weight excluding hydrogens is 280 g/mol. The molecule has 94 valence electrons. The Labute approximate surface area is 134 Å². The van der Waals surface area contributed by atoms with E-state index in [1.807, 2.05) is 36.4 Å². The molecule has 19 heavy (non-hydrogen) atoms. The van der Waals surface area contributed by atoms with E-state index in [9.17, 15) is 0 Å². The van der Waals surface area contributed by atoms with Crippen molar-refractivity contribution in [1.82, 2.24) is 0 Å². The minimum atomic E-state index is 0. The molecule has 0 amide bonds. The molecule has 0 saturated heterocycles. The summed E-state index contributed by atoms with van der Waals surface area (Å²) in [6, 6.07) is 20.6. The predicted octanol–water partition coefficient (Wildman–Crippen LogP) is 3.81. The minimum Gasteiger partial charge on any atom is -0.0777 e. The molecule has 0 aromatic heterocycles. The molecule has 2 heteroatoms. The van der Waals surface area contributed by atoms with Crippen molar-refractivity contribution in [3.63, 3.8) is 0 Å².